The monoisotopic (exact) mass is 1210 g/mol. The molecule has 0 aliphatic heterocycles. The second-order valence-corrected chi connectivity index (χ2v) is 24.2. The van der Waals surface area contributed by atoms with Gasteiger partial charge in [-0.15, -0.1) is 20.4 Å². The van der Waals surface area contributed by atoms with Gasteiger partial charge in [-0.1, -0.05) is 176 Å². The van der Waals surface area contributed by atoms with E-state index in [1.807, 2.05) is 125 Å². The number of ketones is 2. The molecule has 6 aromatic rings. The summed E-state index contributed by atoms with van der Waals surface area (Å²) in [6.07, 6.45) is 6.08. The standard InChI is InChI=1S/C34H45N5O5S.C31H41N5O4S/c1-6-7-10-17-39(21-25-13-15-26(16-14-25)29-11-8-9-12-30(29)33-35-37-38-36-33)34(43)27(20-32(42)44-5)19-31(41)28(18-23(2)3)22-45-24(4)40;1-4-5-8-15-36(31(40)24(18-29(38)39)17-28(37)25(20-41)16-21(2)3)19-22-11-13-23(14-12-22)26-9-6-7-10-27(26)30-32-34-35-33-30/h8-9,11-16,23,27-28H,6-7,10,17-22H2,1-5H3,(H,35,36,37,38);6-7,9-14,21,24-25,41H,4-5,8,15-20H2,1-3H3,(H,38,39)(H,32,33,34,35)/t27-,28?;24-,25?/m11/s1. The molecule has 86 heavy (non-hydrogen) atoms. The first kappa shape index (κ1) is 69.4. The molecule has 2 aromatic heterocycles. The number of carbonyl (C=O) groups is 7. The number of carboxylic acid groups (broad SMARTS) is 1. The number of nitrogens with zero attached hydrogens (tertiary/aromatic N) is 8. The van der Waals surface area contributed by atoms with Crippen molar-refractivity contribution in [2.75, 3.05) is 31.7 Å². The van der Waals surface area contributed by atoms with E-state index in [2.05, 4.69) is 67.7 Å². The highest BCUT2D eigenvalue weighted by atomic mass is 32.2. The van der Waals surface area contributed by atoms with Gasteiger partial charge < -0.3 is 19.6 Å². The molecule has 2 heterocycles. The molecule has 6 rings (SSSR count). The Morgan fingerprint density at radius 1 is 0.570 bits per heavy atom. The van der Waals surface area contributed by atoms with Gasteiger partial charge in [-0.05, 0) is 87.1 Å². The number of Topliss-reactive ketones (excluding diaryl/α,β-unsaturated/α-hetero) is 2. The zero-order valence-electron chi connectivity index (χ0n) is 51.1. The number of amides is 2. The summed E-state index contributed by atoms with van der Waals surface area (Å²) in [5, 5.41) is 38.4. The van der Waals surface area contributed by atoms with E-state index in [0.717, 1.165) is 94.8 Å². The van der Waals surface area contributed by atoms with Gasteiger partial charge in [0, 0.05) is 74.7 Å². The van der Waals surface area contributed by atoms with Gasteiger partial charge in [0.05, 0.1) is 31.8 Å². The first-order chi connectivity index (χ1) is 41.3. The predicted molar refractivity (Wildman–Crippen MR) is 338 cm³/mol. The SMILES string of the molecule is CCCCCN(Cc1ccc(-c2ccccc2-c2nn[nH]n2)cc1)C(=O)[C@@H](CC(=O)O)CC(=O)C(CS)CC(C)C.CCCCCN(Cc1ccc(-c2ccccc2-c2nn[nH]n2)cc1)C(=O)[C@@H](CC(=O)OC)CC(=O)C(CSC(C)=O)CC(C)C. The number of carboxylic acids is 1. The Morgan fingerprint density at radius 2 is 0.988 bits per heavy atom. The van der Waals surface area contributed by atoms with Crippen molar-refractivity contribution in [2.45, 2.75) is 139 Å². The lowest BCUT2D eigenvalue weighted by atomic mass is 9.87. The summed E-state index contributed by atoms with van der Waals surface area (Å²) >= 11 is 5.48. The Bertz CT molecular complexity index is 3070. The molecule has 21 heteroatoms. The highest BCUT2D eigenvalue weighted by molar-refractivity contribution is 8.13. The highest BCUT2D eigenvalue weighted by Crippen LogP contribution is 2.33. The van der Waals surface area contributed by atoms with Gasteiger partial charge in [-0.25, -0.2) is 0 Å². The number of hydrogen-bond donors (Lipinski definition) is 4. The summed E-state index contributed by atoms with van der Waals surface area (Å²) in [5.41, 5.74) is 7.40. The topological polar surface area (TPSA) is 264 Å². The van der Waals surface area contributed by atoms with E-state index >= 15 is 0 Å². The van der Waals surface area contributed by atoms with Crippen LogP contribution in [0.4, 0.5) is 0 Å². The number of esters is 1. The van der Waals surface area contributed by atoms with E-state index in [0.29, 0.717) is 68.1 Å². The van der Waals surface area contributed by atoms with Crippen molar-refractivity contribution in [3.8, 4) is 45.0 Å². The van der Waals surface area contributed by atoms with E-state index in [1.54, 1.807) is 9.80 Å². The van der Waals surface area contributed by atoms with Crippen molar-refractivity contribution in [2.24, 2.45) is 35.5 Å². The van der Waals surface area contributed by atoms with E-state index in [-0.39, 0.29) is 71.9 Å². The van der Waals surface area contributed by atoms with Crippen LogP contribution in [0.2, 0.25) is 0 Å². The van der Waals surface area contributed by atoms with E-state index in [9.17, 15) is 38.7 Å². The van der Waals surface area contributed by atoms with Crippen LogP contribution in [0.25, 0.3) is 45.0 Å². The van der Waals surface area contributed by atoms with Crippen LogP contribution >= 0.6 is 24.4 Å². The molecule has 0 radical (unpaired) electrons. The number of aromatic amines is 2. The third-order valence-electron chi connectivity index (χ3n) is 14.8. The van der Waals surface area contributed by atoms with E-state index in [4.69, 9.17) is 4.74 Å². The fourth-order valence-corrected chi connectivity index (χ4v) is 11.5. The lowest BCUT2D eigenvalue weighted by molar-refractivity contribution is -0.148. The predicted octanol–water partition coefficient (Wildman–Crippen LogP) is 11.8. The Labute approximate surface area is 515 Å². The highest BCUT2D eigenvalue weighted by Gasteiger charge is 2.34. The molecule has 0 aliphatic rings. The Balaban J connectivity index is 0.000000315. The molecular weight excluding hydrogens is 1130 g/mol. The van der Waals surface area contributed by atoms with Crippen LogP contribution < -0.4 is 0 Å². The third kappa shape index (κ3) is 22.5. The maximum absolute atomic E-state index is 14.1. The average molecular weight is 1220 g/mol. The molecule has 19 nitrogen and oxygen atoms in total. The molecule has 2 unspecified atom stereocenters. The number of thiol groups is 1. The molecule has 0 aliphatic carbocycles. The summed E-state index contributed by atoms with van der Waals surface area (Å²) in [6.45, 7) is 15.5. The molecule has 0 fully saturated rings. The normalized spacial score (nSPS) is 12.6. The van der Waals surface area contributed by atoms with Crippen molar-refractivity contribution < 1.29 is 43.4 Å². The molecule has 2 amide bonds. The first-order valence-electron chi connectivity index (χ1n) is 29.9. The van der Waals surface area contributed by atoms with Crippen molar-refractivity contribution >= 4 is 64.8 Å². The van der Waals surface area contributed by atoms with Crippen LogP contribution in [-0.2, 0) is 51.4 Å². The summed E-state index contributed by atoms with van der Waals surface area (Å²) in [5.74, 6) is -2.43. The summed E-state index contributed by atoms with van der Waals surface area (Å²) in [6, 6.07) is 31.5. The van der Waals surface area contributed by atoms with Gasteiger partial charge in [0.25, 0.3) is 0 Å². The van der Waals surface area contributed by atoms with Gasteiger partial charge in [0.2, 0.25) is 23.5 Å². The minimum atomic E-state index is -1.08. The number of aliphatic carboxylic acids is 1. The average Bonchev–Trinajstić information content (AvgIpc) is 4.32. The van der Waals surface area contributed by atoms with Gasteiger partial charge in [-0.2, -0.15) is 23.1 Å². The Hall–Kier alpha value is -7.39. The van der Waals surface area contributed by atoms with E-state index in [1.165, 1.54) is 14.0 Å². The maximum Gasteiger partial charge on any atom is 0.306 e. The van der Waals surface area contributed by atoms with Crippen LogP contribution in [0.15, 0.2) is 97.1 Å². The number of carbonyl (C=O) groups excluding carboxylic acids is 6. The van der Waals surface area contributed by atoms with Crippen molar-refractivity contribution in [1.29, 1.82) is 0 Å². The molecule has 4 atom stereocenters. The Kier molecular flexibility index (Phi) is 29.5. The smallest absolute Gasteiger partial charge is 0.306 e. The van der Waals surface area contributed by atoms with Crippen LogP contribution in [-0.4, -0.2) is 128 Å². The van der Waals surface area contributed by atoms with Crippen LogP contribution in [0.1, 0.15) is 137 Å². The number of rotatable bonds is 35. The summed E-state index contributed by atoms with van der Waals surface area (Å²) in [4.78, 5) is 93.8. The molecule has 3 N–H and O–H groups in total. The quantitative estimate of drug-likeness (QED) is 0.0164. The number of aromatic nitrogens is 8. The fraction of sp³-hybridized carbons (Fsp3) is 0.492. The number of H-pyrrole nitrogens is 2. The number of unbranched alkanes of at least 4 members (excludes halogenated alkanes) is 4. The van der Waals surface area contributed by atoms with Gasteiger partial charge in [0.15, 0.2) is 5.12 Å². The second kappa shape index (κ2) is 36.6. The number of hydrogen-bond acceptors (Lipinski definition) is 16. The Morgan fingerprint density at radius 3 is 1.36 bits per heavy atom. The number of thioether (sulfide) groups is 1. The largest absolute Gasteiger partial charge is 0.481 e. The number of nitrogens with one attached hydrogen (secondary N) is 2. The first-order valence-corrected chi connectivity index (χ1v) is 31.5. The second-order valence-electron chi connectivity index (χ2n) is 22.6. The zero-order chi connectivity index (χ0) is 62.5. The van der Waals surface area contributed by atoms with Gasteiger partial charge >= 0.3 is 11.9 Å². The molecule has 0 bridgehead atoms. The third-order valence-corrected chi connectivity index (χ3v) is 16.2. The molecule has 0 saturated carbocycles. The summed E-state index contributed by atoms with van der Waals surface area (Å²) in [7, 11) is 1.29. The number of ether oxygens (including phenoxy) is 1. The minimum absolute atomic E-state index is 0.0508. The zero-order valence-corrected chi connectivity index (χ0v) is 52.8. The van der Waals surface area contributed by atoms with Gasteiger partial charge in [-0.3, -0.25) is 33.6 Å². The lowest BCUT2D eigenvalue weighted by Gasteiger charge is -2.28. The number of benzene rings is 4. The maximum atomic E-state index is 14.1. The van der Waals surface area contributed by atoms with Crippen LogP contribution in [0.5, 0.6) is 0 Å². The fourth-order valence-electron chi connectivity index (χ4n) is 10.4. The molecule has 0 spiro atoms. The molecule has 0 saturated heterocycles. The molecule has 462 valence electrons. The van der Waals surface area contributed by atoms with Crippen molar-refractivity contribution in [1.82, 2.24) is 51.0 Å². The molecular formula is C65H86N10O9S2. The van der Waals surface area contributed by atoms with Crippen LogP contribution in [0, 0.1) is 35.5 Å². The number of tetrazole rings is 2. The lowest BCUT2D eigenvalue weighted by Crippen LogP contribution is -2.39. The van der Waals surface area contributed by atoms with Crippen LogP contribution in [0.3, 0.4) is 0 Å². The van der Waals surface area contributed by atoms with Crippen molar-refractivity contribution in [3.05, 3.63) is 108 Å². The minimum Gasteiger partial charge on any atom is -0.481 e. The van der Waals surface area contributed by atoms with Crippen molar-refractivity contribution in [3.63, 3.8) is 0 Å². The number of methoxy groups -OCH3 is 1. The van der Waals surface area contributed by atoms with E-state index < -0.39 is 23.8 Å². The van der Waals surface area contributed by atoms with Gasteiger partial charge in [0.1, 0.15) is 11.6 Å². The molecule has 4 aromatic carbocycles. The summed E-state index contributed by atoms with van der Waals surface area (Å²) < 4.78 is 4.92.